The van der Waals surface area contributed by atoms with Crippen LogP contribution in [0.4, 0.5) is 0 Å². The van der Waals surface area contributed by atoms with Crippen molar-refractivity contribution in [3.63, 3.8) is 0 Å². The lowest BCUT2D eigenvalue weighted by atomic mass is 10.0. The van der Waals surface area contributed by atoms with E-state index in [-0.39, 0.29) is 6.04 Å². The van der Waals surface area contributed by atoms with Gasteiger partial charge in [0.15, 0.2) is 5.58 Å². The topological polar surface area (TPSA) is 89.8 Å². The molecule has 27 heavy (non-hydrogen) atoms. The summed E-state index contributed by atoms with van der Waals surface area (Å²) in [6, 6.07) is 13.4. The van der Waals surface area contributed by atoms with Crippen molar-refractivity contribution in [2.24, 2.45) is 5.73 Å². The lowest BCUT2D eigenvalue weighted by Crippen LogP contribution is -2.24. The second-order valence-corrected chi connectivity index (χ2v) is 7.03. The quantitative estimate of drug-likeness (QED) is 0.533. The van der Waals surface area contributed by atoms with Gasteiger partial charge in [-0.05, 0) is 48.2 Å². The number of nitrogens with zero attached hydrogens (tertiary/aromatic N) is 2. The van der Waals surface area contributed by atoms with Crippen molar-refractivity contribution >= 4 is 22.7 Å². The van der Waals surface area contributed by atoms with E-state index in [9.17, 15) is 4.79 Å². The highest BCUT2D eigenvalue weighted by Crippen LogP contribution is 2.23. The maximum atomic E-state index is 11.3. The van der Waals surface area contributed by atoms with Crippen LogP contribution in [0, 0.1) is 0 Å². The van der Waals surface area contributed by atoms with Gasteiger partial charge in [0, 0.05) is 29.4 Å². The van der Waals surface area contributed by atoms with Crippen LogP contribution < -0.4 is 11.5 Å². The average molecular weight is 383 g/mol. The molecule has 0 aliphatic heterocycles. The zero-order chi connectivity index (χ0) is 18.8. The number of hydrogen-bond donors (Lipinski definition) is 2. The predicted octanol–water partition coefficient (Wildman–Crippen LogP) is 3.60. The van der Waals surface area contributed by atoms with E-state index in [1.165, 1.54) is 5.56 Å². The monoisotopic (exact) mass is 382 g/mol. The van der Waals surface area contributed by atoms with E-state index in [4.69, 9.17) is 21.8 Å². The third kappa shape index (κ3) is 4.13. The maximum absolute atomic E-state index is 11.3. The zero-order valence-corrected chi connectivity index (χ0v) is 15.3. The van der Waals surface area contributed by atoms with Crippen molar-refractivity contribution in [1.29, 1.82) is 0 Å². The smallest absolute Gasteiger partial charge is 0.408 e. The van der Waals surface area contributed by atoms with Crippen LogP contribution in [0.15, 0.2) is 64.1 Å². The largest absolute Gasteiger partial charge is 0.417 e. The lowest BCUT2D eigenvalue weighted by molar-refractivity contribution is 0.507. The fourth-order valence-electron chi connectivity index (χ4n) is 3.08. The molecule has 0 fully saturated rings. The Morgan fingerprint density at radius 3 is 2.81 bits per heavy atom. The first-order valence-electron chi connectivity index (χ1n) is 8.72. The molecule has 0 aliphatic rings. The molecule has 4 rings (SSSR count). The number of nitrogens with one attached hydrogen (secondary N) is 1. The summed E-state index contributed by atoms with van der Waals surface area (Å²) in [4.78, 5) is 13.9. The highest BCUT2D eigenvalue weighted by Gasteiger charge is 2.08. The summed E-state index contributed by atoms with van der Waals surface area (Å²) < 4.78 is 7.00. The molecular formula is C20H19ClN4O2. The number of rotatable bonds is 6. The van der Waals surface area contributed by atoms with Crippen LogP contribution in [0.1, 0.15) is 12.0 Å². The van der Waals surface area contributed by atoms with Gasteiger partial charge in [-0.3, -0.25) is 9.67 Å². The predicted molar refractivity (Wildman–Crippen MR) is 106 cm³/mol. The first-order valence-corrected chi connectivity index (χ1v) is 9.10. The molecule has 0 saturated carbocycles. The molecule has 138 valence electrons. The molecule has 2 heterocycles. The van der Waals surface area contributed by atoms with Gasteiger partial charge in [-0.15, -0.1) is 0 Å². The molecule has 3 N–H and O–H groups in total. The number of fused-ring (bicyclic) bond motifs is 1. The number of aromatic nitrogens is 3. The molecule has 0 bridgehead atoms. The molecule has 0 spiro atoms. The molecule has 7 heteroatoms. The van der Waals surface area contributed by atoms with Crippen molar-refractivity contribution in [3.05, 3.63) is 76.0 Å². The first kappa shape index (κ1) is 17.6. The van der Waals surface area contributed by atoms with E-state index in [1.807, 2.05) is 53.3 Å². The highest BCUT2D eigenvalue weighted by molar-refractivity contribution is 6.30. The first-order chi connectivity index (χ1) is 13.1. The molecule has 0 saturated heterocycles. The van der Waals surface area contributed by atoms with E-state index in [1.54, 1.807) is 6.20 Å². The summed E-state index contributed by atoms with van der Waals surface area (Å²) in [7, 11) is 0. The van der Waals surface area contributed by atoms with Crippen LogP contribution in [-0.2, 0) is 13.0 Å². The summed E-state index contributed by atoms with van der Waals surface area (Å²) in [5.74, 6) is -0.451. The number of H-pyrrole nitrogens is 1. The fraction of sp³-hybridized carbons (Fsp3) is 0.200. The number of halogens is 1. The molecule has 2 aromatic carbocycles. The van der Waals surface area contributed by atoms with Crippen molar-refractivity contribution in [2.45, 2.75) is 25.4 Å². The average Bonchev–Trinajstić information content (AvgIpc) is 3.26. The van der Waals surface area contributed by atoms with Gasteiger partial charge in [0.05, 0.1) is 11.7 Å². The minimum Gasteiger partial charge on any atom is -0.408 e. The summed E-state index contributed by atoms with van der Waals surface area (Å²) >= 11 is 5.91. The second kappa shape index (κ2) is 7.42. The van der Waals surface area contributed by atoms with Crippen molar-refractivity contribution in [2.75, 3.05) is 0 Å². The molecular weight excluding hydrogens is 364 g/mol. The summed E-state index contributed by atoms with van der Waals surface area (Å²) in [5.41, 5.74) is 10.6. The fourth-order valence-corrected chi connectivity index (χ4v) is 3.21. The standard InChI is InChI=1S/C20H19ClN4O2/c21-16-4-1-13(2-5-16)9-17(22)7-8-25-12-15(11-23-25)14-3-6-18-19(10-14)27-20(26)24-18/h1-6,10-12,17H,7-9,22H2,(H,24,26). The van der Waals surface area contributed by atoms with E-state index < -0.39 is 5.76 Å². The van der Waals surface area contributed by atoms with Gasteiger partial charge in [-0.25, -0.2) is 4.79 Å². The Bertz CT molecular complexity index is 1110. The van der Waals surface area contributed by atoms with E-state index >= 15 is 0 Å². The SMILES string of the molecule is NC(CCn1cc(-c2ccc3[nH]c(=O)oc3c2)cn1)Cc1ccc(Cl)cc1. The number of hydrogen-bond acceptors (Lipinski definition) is 4. The molecule has 1 atom stereocenters. The summed E-state index contributed by atoms with van der Waals surface area (Å²) in [6.07, 6.45) is 5.39. The Balaban J connectivity index is 1.39. The molecule has 0 radical (unpaired) electrons. The number of aryl methyl sites for hydroxylation is 1. The van der Waals surface area contributed by atoms with E-state index in [2.05, 4.69) is 10.1 Å². The minimum atomic E-state index is -0.451. The van der Waals surface area contributed by atoms with Crippen LogP contribution in [0.25, 0.3) is 22.2 Å². The third-order valence-corrected chi connectivity index (χ3v) is 4.78. The molecule has 6 nitrogen and oxygen atoms in total. The van der Waals surface area contributed by atoms with Crippen molar-refractivity contribution in [1.82, 2.24) is 14.8 Å². The number of aromatic amines is 1. The summed E-state index contributed by atoms with van der Waals surface area (Å²) in [5, 5.41) is 5.14. The van der Waals surface area contributed by atoms with Crippen molar-refractivity contribution < 1.29 is 4.42 Å². The number of nitrogens with two attached hydrogens (primary N) is 1. The molecule has 1 unspecified atom stereocenters. The van der Waals surface area contributed by atoms with Gasteiger partial charge in [0.2, 0.25) is 0 Å². The Kier molecular flexibility index (Phi) is 4.83. The minimum absolute atomic E-state index is 0.0457. The van der Waals surface area contributed by atoms with Crippen LogP contribution in [0.2, 0.25) is 5.02 Å². The van der Waals surface area contributed by atoms with Gasteiger partial charge in [0.25, 0.3) is 0 Å². The highest BCUT2D eigenvalue weighted by atomic mass is 35.5. The van der Waals surface area contributed by atoms with Crippen molar-refractivity contribution in [3.8, 4) is 11.1 Å². The van der Waals surface area contributed by atoms with Gasteiger partial charge < -0.3 is 10.2 Å². The number of benzene rings is 2. The van der Waals surface area contributed by atoms with Crippen LogP contribution in [0.5, 0.6) is 0 Å². The second-order valence-electron chi connectivity index (χ2n) is 6.60. The Morgan fingerprint density at radius 1 is 1.19 bits per heavy atom. The van der Waals surface area contributed by atoms with E-state index in [0.717, 1.165) is 35.5 Å². The molecule has 0 amide bonds. The molecule has 2 aromatic heterocycles. The molecule has 0 aliphatic carbocycles. The molecule has 4 aromatic rings. The van der Waals surface area contributed by atoms with Crippen LogP contribution in [-0.4, -0.2) is 20.8 Å². The van der Waals surface area contributed by atoms with Gasteiger partial charge >= 0.3 is 5.76 Å². The van der Waals surface area contributed by atoms with Gasteiger partial charge in [-0.1, -0.05) is 29.8 Å². The Labute approximate surface area is 160 Å². The summed E-state index contributed by atoms with van der Waals surface area (Å²) in [6.45, 7) is 0.732. The third-order valence-electron chi connectivity index (χ3n) is 4.53. The normalized spacial score (nSPS) is 12.5. The van der Waals surface area contributed by atoms with Crippen LogP contribution in [0.3, 0.4) is 0 Å². The van der Waals surface area contributed by atoms with Gasteiger partial charge in [-0.2, -0.15) is 5.10 Å². The lowest BCUT2D eigenvalue weighted by Gasteiger charge is -2.11. The van der Waals surface area contributed by atoms with Gasteiger partial charge in [0.1, 0.15) is 0 Å². The van der Waals surface area contributed by atoms with E-state index in [0.29, 0.717) is 11.1 Å². The number of oxazole rings is 1. The zero-order valence-electron chi connectivity index (χ0n) is 14.6. The Morgan fingerprint density at radius 2 is 2.00 bits per heavy atom. The Hall–Kier alpha value is -2.83. The van der Waals surface area contributed by atoms with Crippen LogP contribution >= 0.6 is 11.6 Å². The maximum Gasteiger partial charge on any atom is 0.417 e.